The van der Waals surface area contributed by atoms with Crippen molar-refractivity contribution in [2.45, 2.75) is 135 Å². The number of hydrogen-bond donors (Lipinski definition) is 0. The third-order valence-electron chi connectivity index (χ3n) is 11.1. The molecule has 0 aromatic heterocycles. The lowest BCUT2D eigenvalue weighted by molar-refractivity contribution is 0.368. The van der Waals surface area contributed by atoms with E-state index in [2.05, 4.69) is 162 Å². The van der Waals surface area contributed by atoms with Crippen LogP contribution in [-0.4, -0.2) is 32.8 Å². The van der Waals surface area contributed by atoms with Crippen molar-refractivity contribution in [1.29, 1.82) is 0 Å². The van der Waals surface area contributed by atoms with Gasteiger partial charge in [0.05, 0.1) is 27.7 Å². The zero-order chi connectivity index (χ0) is 33.4. The smallest absolute Gasteiger partial charge is 0.250 e. The van der Waals surface area contributed by atoms with Gasteiger partial charge in [0.2, 0.25) is 16.6 Å². The molecule has 2 aliphatic rings. The van der Waals surface area contributed by atoms with Crippen LogP contribution in [0.25, 0.3) is 11.1 Å². The first-order valence-corrected chi connectivity index (χ1v) is 29.8. The van der Waals surface area contributed by atoms with Crippen LogP contribution in [0, 0.1) is 5.92 Å². The second-order valence-electron chi connectivity index (χ2n) is 18.8. The molecule has 4 rings (SSSR count). The molecule has 0 fully saturated rings. The second kappa shape index (κ2) is 11.3. The van der Waals surface area contributed by atoms with E-state index in [1.807, 2.05) is 0 Å². The molecule has 2 aromatic rings. The molecule has 2 unspecified atom stereocenters. The Kier molecular flexibility index (Phi) is 9.03. The van der Waals surface area contributed by atoms with Crippen molar-refractivity contribution in [2.75, 3.05) is 0 Å². The Bertz CT molecular complexity index is 1360. The third kappa shape index (κ3) is 6.22. The summed E-state index contributed by atoms with van der Waals surface area (Å²) in [6, 6.07) is 18.5. The van der Waals surface area contributed by atoms with Gasteiger partial charge in [-0.05, 0) is 58.5 Å². The number of rotatable bonds is 8. The molecule has 2 nitrogen and oxygen atoms in total. The van der Waals surface area contributed by atoms with Crippen molar-refractivity contribution >= 4 is 43.9 Å². The van der Waals surface area contributed by atoms with Gasteiger partial charge in [-0.25, -0.2) is 0 Å². The summed E-state index contributed by atoms with van der Waals surface area (Å²) in [4.78, 5) is 0. The maximum Gasteiger partial charge on any atom is 0.250 e. The lowest BCUT2D eigenvalue weighted by Gasteiger charge is -2.41. The fourth-order valence-corrected chi connectivity index (χ4v) is 13.5. The maximum atomic E-state index is 7.56. The summed E-state index contributed by atoms with van der Waals surface area (Å²) in [6.07, 6.45) is 0. The Labute approximate surface area is 275 Å². The molecule has 0 bridgehead atoms. The van der Waals surface area contributed by atoms with Gasteiger partial charge in [-0.1, -0.05) is 136 Å². The molecule has 0 spiro atoms. The van der Waals surface area contributed by atoms with Crippen LogP contribution in [0.2, 0.25) is 75.5 Å². The predicted molar refractivity (Wildman–Crippen MR) is 205 cm³/mol. The van der Waals surface area contributed by atoms with Crippen molar-refractivity contribution in [3.63, 3.8) is 0 Å². The summed E-state index contributed by atoms with van der Waals surface area (Å²) in [5.74, 6) is 2.70. The molecule has 2 aromatic carbocycles. The Morgan fingerprint density at radius 3 is 1.09 bits per heavy atom. The maximum absolute atomic E-state index is 7.56. The molecule has 0 aliphatic heterocycles. The summed E-state index contributed by atoms with van der Waals surface area (Å²) in [7, 11) is -7.67. The van der Waals surface area contributed by atoms with Crippen LogP contribution in [0.1, 0.15) is 81.8 Å². The van der Waals surface area contributed by atoms with Gasteiger partial charge in [0.1, 0.15) is 0 Å². The van der Waals surface area contributed by atoms with Crippen molar-refractivity contribution in [3.8, 4) is 0 Å². The molecule has 2 aliphatic carbocycles. The Balaban J connectivity index is 2.10. The van der Waals surface area contributed by atoms with Crippen molar-refractivity contribution in [3.05, 3.63) is 82.3 Å². The molecular weight excluding hydrogens is 601 g/mol. The van der Waals surface area contributed by atoms with E-state index in [1.165, 1.54) is 44.9 Å². The molecule has 0 saturated carbocycles. The highest BCUT2D eigenvalue weighted by Gasteiger charge is 2.51. The minimum absolute atomic E-state index is 0.117. The standard InChI is InChI=1S/C38H62O2Si4/c1-26(31-27-22-18-20-24-29(27)35(41(8,9)10)33(31)39-43(14,15)37(2,3)4)32-28-23-19-21-25-30(28)36(42(11,12)13)34(32)40-44(16,17)38(5,6)7/h18-26,35-36H,1-17H3. The van der Waals surface area contributed by atoms with E-state index in [9.17, 15) is 0 Å². The molecular formula is C38H62O2Si4. The average molecular weight is 663 g/mol. The van der Waals surface area contributed by atoms with Crippen LogP contribution >= 0.6 is 0 Å². The minimum atomic E-state index is -2.12. The monoisotopic (exact) mass is 662 g/mol. The van der Waals surface area contributed by atoms with Gasteiger partial charge < -0.3 is 8.85 Å². The van der Waals surface area contributed by atoms with Gasteiger partial charge in [-0.15, -0.1) is 0 Å². The lowest BCUT2D eigenvalue weighted by Crippen LogP contribution is -2.43. The Morgan fingerprint density at radius 2 is 0.818 bits per heavy atom. The number of hydrogen-bond acceptors (Lipinski definition) is 2. The van der Waals surface area contributed by atoms with E-state index in [0.717, 1.165) is 0 Å². The van der Waals surface area contributed by atoms with Gasteiger partial charge in [0.25, 0.3) is 0 Å². The number of allylic oxidation sites excluding steroid dienone is 4. The van der Waals surface area contributed by atoms with Gasteiger partial charge in [-0.3, -0.25) is 0 Å². The molecule has 0 saturated heterocycles. The molecule has 44 heavy (non-hydrogen) atoms. The van der Waals surface area contributed by atoms with Crippen LogP contribution in [0.4, 0.5) is 0 Å². The van der Waals surface area contributed by atoms with Crippen molar-refractivity contribution in [2.24, 2.45) is 5.92 Å². The van der Waals surface area contributed by atoms with Crippen LogP contribution in [0.15, 0.2) is 60.0 Å². The van der Waals surface area contributed by atoms with Crippen LogP contribution in [0.3, 0.4) is 0 Å². The SMILES string of the molecule is CC(C1=C(O[Si](C)(C)C(C)(C)C)C([Si](C)(C)C)c2ccccc21)C1=C(O[Si](C)(C)C(C)(C)C)C([Si](C)(C)C)c2ccccc21. The Hall–Kier alpha value is -1.61. The van der Waals surface area contributed by atoms with E-state index < -0.39 is 32.8 Å². The molecule has 0 heterocycles. The van der Waals surface area contributed by atoms with E-state index in [4.69, 9.17) is 8.85 Å². The molecule has 2 atom stereocenters. The zero-order valence-electron chi connectivity index (χ0n) is 31.2. The largest absolute Gasteiger partial charge is 0.546 e. The first-order chi connectivity index (χ1) is 19.8. The average Bonchev–Trinajstić information content (AvgIpc) is 3.33. The fourth-order valence-electron chi connectivity index (χ4n) is 6.69. The minimum Gasteiger partial charge on any atom is -0.546 e. The number of benzene rings is 2. The zero-order valence-corrected chi connectivity index (χ0v) is 35.2. The van der Waals surface area contributed by atoms with Crippen LogP contribution in [-0.2, 0) is 8.85 Å². The van der Waals surface area contributed by atoms with E-state index in [-0.39, 0.29) is 16.0 Å². The normalized spacial score (nSPS) is 20.6. The van der Waals surface area contributed by atoms with E-state index in [1.54, 1.807) is 0 Å². The van der Waals surface area contributed by atoms with Crippen molar-refractivity contribution in [1.82, 2.24) is 0 Å². The molecule has 0 radical (unpaired) electrons. The summed E-state index contributed by atoms with van der Waals surface area (Å²) in [5, 5.41) is 0.234. The summed E-state index contributed by atoms with van der Waals surface area (Å²) in [6.45, 7) is 41.5. The van der Waals surface area contributed by atoms with Gasteiger partial charge in [0, 0.05) is 28.1 Å². The molecule has 242 valence electrons. The molecule has 0 N–H and O–H groups in total. The first-order valence-electron chi connectivity index (χ1n) is 16.9. The second-order valence-corrected chi connectivity index (χ2v) is 38.8. The highest BCUT2D eigenvalue weighted by molar-refractivity contribution is 6.80. The van der Waals surface area contributed by atoms with Gasteiger partial charge >= 0.3 is 0 Å². The summed E-state index contributed by atoms with van der Waals surface area (Å²) >= 11 is 0. The predicted octanol–water partition coefficient (Wildman–Crippen LogP) is 12.4. The highest BCUT2D eigenvalue weighted by atomic mass is 28.4. The molecule has 6 heteroatoms. The first kappa shape index (κ1) is 35.2. The van der Waals surface area contributed by atoms with Crippen molar-refractivity contribution < 1.29 is 8.85 Å². The highest BCUT2D eigenvalue weighted by Crippen LogP contribution is 2.58. The topological polar surface area (TPSA) is 18.5 Å². The Morgan fingerprint density at radius 1 is 0.523 bits per heavy atom. The third-order valence-corrected chi connectivity index (χ3v) is 24.4. The van der Waals surface area contributed by atoms with Gasteiger partial charge in [0.15, 0.2) is 0 Å². The molecule has 0 amide bonds. The van der Waals surface area contributed by atoms with Gasteiger partial charge in [-0.2, -0.15) is 0 Å². The van der Waals surface area contributed by atoms with Crippen LogP contribution in [0.5, 0.6) is 0 Å². The summed E-state index contributed by atoms with van der Waals surface area (Å²) in [5.41, 5.74) is 9.26. The summed E-state index contributed by atoms with van der Waals surface area (Å²) < 4.78 is 15.1. The van der Waals surface area contributed by atoms with Crippen LogP contribution < -0.4 is 0 Å². The quantitative estimate of drug-likeness (QED) is 0.262. The van der Waals surface area contributed by atoms with E-state index in [0.29, 0.717) is 11.1 Å². The number of fused-ring (bicyclic) bond motifs is 2. The lowest BCUT2D eigenvalue weighted by atomic mass is 9.86. The van der Waals surface area contributed by atoms with E-state index >= 15 is 0 Å². The fraction of sp³-hybridized carbons (Fsp3) is 0.579.